The Bertz CT molecular complexity index is 1100. The maximum Gasteiger partial charge on any atom is 0.248 e. The minimum Gasteiger partial charge on any atom is -0.493 e. The zero-order chi connectivity index (χ0) is 21.1. The standard InChI is InChI=1S/C25H27NO3S/c1-4-28-23-15-24-21(19-7-5-6-8-22(19)29-24)14-20(23)16(2)13-25(27)26-17-9-11-18(30-3)12-10-17/h9-15H,4-8H2,1-3H3,(H,26,27)/b16-13+. The number of benzene rings is 2. The Morgan fingerprint density at radius 2 is 1.97 bits per heavy atom. The number of nitrogens with one attached hydrogen (secondary N) is 1. The maximum absolute atomic E-state index is 12.6. The van der Waals surface area contributed by atoms with E-state index in [0.29, 0.717) is 6.61 Å². The lowest BCUT2D eigenvalue weighted by Gasteiger charge is -2.12. The molecule has 1 aromatic heterocycles. The van der Waals surface area contributed by atoms with Crippen LogP contribution in [0, 0.1) is 0 Å². The highest BCUT2D eigenvalue weighted by Crippen LogP contribution is 2.38. The highest BCUT2D eigenvalue weighted by Gasteiger charge is 2.20. The summed E-state index contributed by atoms with van der Waals surface area (Å²) >= 11 is 1.68. The van der Waals surface area contributed by atoms with Crippen molar-refractivity contribution in [3.05, 3.63) is 59.4 Å². The fourth-order valence-electron chi connectivity index (χ4n) is 4.00. The van der Waals surface area contributed by atoms with Crippen molar-refractivity contribution < 1.29 is 13.9 Å². The third-order valence-electron chi connectivity index (χ3n) is 5.49. The number of thioether (sulfide) groups is 1. The Balaban J connectivity index is 1.65. The molecule has 4 rings (SSSR count). The molecule has 0 unspecified atom stereocenters. The van der Waals surface area contributed by atoms with Crippen molar-refractivity contribution in [2.75, 3.05) is 18.2 Å². The lowest BCUT2D eigenvalue weighted by atomic mass is 9.94. The molecule has 2 aromatic carbocycles. The predicted molar refractivity (Wildman–Crippen MR) is 125 cm³/mol. The number of amides is 1. The third-order valence-corrected chi connectivity index (χ3v) is 6.23. The molecule has 0 atom stereocenters. The van der Waals surface area contributed by atoms with Crippen LogP contribution in [0.15, 0.2) is 51.8 Å². The van der Waals surface area contributed by atoms with Gasteiger partial charge in [0.25, 0.3) is 0 Å². The minimum absolute atomic E-state index is 0.152. The summed E-state index contributed by atoms with van der Waals surface area (Å²) in [7, 11) is 0. The van der Waals surface area contributed by atoms with Gasteiger partial charge in [-0.25, -0.2) is 0 Å². The average Bonchev–Trinajstić information content (AvgIpc) is 3.11. The van der Waals surface area contributed by atoms with Gasteiger partial charge < -0.3 is 14.5 Å². The molecular formula is C25H27NO3S. The van der Waals surface area contributed by atoms with Crippen molar-refractivity contribution in [2.45, 2.75) is 44.4 Å². The number of hydrogen-bond donors (Lipinski definition) is 1. The van der Waals surface area contributed by atoms with Gasteiger partial charge in [0, 0.05) is 45.7 Å². The van der Waals surface area contributed by atoms with Gasteiger partial charge in [0.15, 0.2) is 0 Å². The Labute approximate surface area is 181 Å². The molecule has 30 heavy (non-hydrogen) atoms. The minimum atomic E-state index is -0.152. The van der Waals surface area contributed by atoms with Crippen LogP contribution in [0.5, 0.6) is 5.75 Å². The van der Waals surface area contributed by atoms with Crippen molar-refractivity contribution >= 4 is 39.9 Å². The largest absolute Gasteiger partial charge is 0.493 e. The van der Waals surface area contributed by atoms with Gasteiger partial charge in [-0.2, -0.15) is 0 Å². The SMILES string of the molecule is CCOc1cc2oc3c(c2cc1/C(C)=C/C(=O)Nc1ccc(SC)cc1)CCCC3. The zero-order valence-electron chi connectivity index (χ0n) is 17.7. The second-order valence-electron chi connectivity index (χ2n) is 7.53. The van der Waals surface area contributed by atoms with Crippen molar-refractivity contribution in [3.8, 4) is 5.75 Å². The van der Waals surface area contributed by atoms with E-state index in [1.165, 1.54) is 18.4 Å². The van der Waals surface area contributed by atoms with E-state index in [0.717, 1.165) is 57.0 Å². The first-order valence-corrected chi connectivity index (χ1v) is 11.7. The summed E-state index contributed by atoms with van der Waals surface area (Å²) in [6.07, 6.45) is 8.08. The smallest absolute Gasteiger partial charge is 0.248 e. The maximum atomic E-state index is 12.6. The number of hydrogen-bond acceptors (Lipinski definition) is 4. The summed E-state index contributed by atoms with van der Waals surface area (Å²) < 4.78 is 12.0. The number of aryl methyl sites for hydroxylation is 2. The zero-order valence-corrected chi connectivity index (χ0v) is 18.5. The monoisotopic (exact) mass is 421 g/mol. The van der Waals surface area contributed by atoms with Crippen LogP contribution in [-0.2, 0) is 17.6 Å². The van der Waals surface area contributed by atoms with E-state index in [2.05, 4.69) is 11.4 Å². The van der Waals surface area contributed by atoms with Crippen LogP contribution in [0.3, 0.4) is 0 Å². The predicted octanol–water partition coefficient (Wildman–Crippen LogP) is 6.47. The number of rotatable bonds is 6. The van der Waals surface area contributed by atoms with Crippen LogP contribution in [0.1, 0.15) is 43.6 Å². The molecule has 0 saturated carbocycles. The van der Waals surface area contributed by atoms with Crippen LogP contribution >= 0.6 is 11.8 Å². The summed E-state index contributed by atoms with van der Waals surface area (Å²) in [4.78, 5) is 13.8. The quantitative estimate of drug-likeness (QED) is 0.366. The molecule has 3 aromatic rings. The first kappa shape index (κ1) is 20.6. The van der Waals surface area contributed by atoms with Gasteiger partial charge in [-0.1, -0.05) is 0 Å². The number of furan rings is 1. The van der Waals surface area contributed by atoms with Crippen LogP contribution in [0.4, 0.5) is 5.69 Å². The first-order valence-electron chi connectivity index (χ1n) is 10.4. The average molecular weight is 422 g/mol. The van der Waals surface area contributed by atoms with Gasteiger partial charge in [-0.3, -0.25) is 4.79 Å². The van der Waals surface area contributed by atoms with Crippen LogP contribution < -0.4 is 10.1 Å². The van der Waals surface area contributed by atoms with Crippen molar-refractivity contribution in [3.63, 3.8) is 0 Å². The number of carbonyl (C=O) groups excluding carboxylic acids is 1. The van der Waals surface area contributed by atoms with Crippen LogP contribution in [-0.4, -0.2) is 18.8 Å². The second kappa shape index (κ2) is 9.00. The summed E-state index contributed by atoms with van der Waals surface area (Å²) in [6.45, 7) is 4.47. The molecule has 4 nitrogen and oxygen atoms in total. The van der Waals surface area contributed by atoms with E-state index in [4.69, 9.17) is 9.15 Å². The van der Waals surface area contributed by atoms with Gasteiger partial charge in [0.2, 0.25) is 5.91 Å². The number of ether oxygens (including phenoxy) is 1. The normalized spacial score (nSPS) is 13.9. The molecule has 156 valence electrons. The fourth-order valence-corrected chi connectivity index (χ4v) is 4.41. The Hall–Kier alpha value is -2.66. The number of anilines is 1. The second-order valence-corrected chi connectivity index (χ2v) is 8.41. The molecule has 1 N–H and O–H groups in total. The fraction of sp³-hybridized carbons (Fsp3) is 0.320. The summed E-state index contributed by atoms with van der Waals surface area (Å²) in [5.41, 5.74) is 4.77. The molecule has 0 bridgehead atoms. The van der Waals surface area contributed by atoms with Gasteiger partial charge in [-0.05, 0) is 75.3 Å². The Kier molecular flexibility index (Phi) is 6.18. The Morgan fingerprint density at radius 3 is 2.70 bits per heavy atom. The number of allylic oxidation sites excluding steroid dienone is 1. The van der Waals surface area contributed by atoms with E-state index in [1.54, 1.807) is 17.8 Å². The summed E-state index contributed by atoms with van der Waals surface area (Å²) in [5, 5.41) is 4.09. The molecule has 1 aliphatic rings. The number of fused-ring (bicyclic) bond motifs is 3. The van der Waals surface area contributed by atoms with E-state index in [9.17, 15) is 4.79 Å². The first-order chi connectivity index (χ1) is 14.6. The third kappa shape index (κ3) is 4.26. The topological polar surface area (TPSA) is 51.5 Å². The molecule has 0 aliphatic heterocycles. The molecule has 5 heteroatoms. The van der Waals surface area contributed by atoms with E-state index >= 15 is 0 Å². The van der Waals surface area contributed by atoms with E-state index < -0.39 is 0 Å². The van der Waals surface area contributed by atoms with Gasteiger partial charge in [0.05, 0.1) is 6.61 Å². The van der Waals surface area contributed by atoms with Gasteiger partial charge >= 0.3 is 0 Å². The molecule has 0 spiro atoms. The molecule has 0 radical (unpaired) electrons. The lowest BCUT2D eigenvalue weighted by Crippen LogP contribution is -2.08. The van der Waals surface area contributed by atoms with Crippen LogP contribution in [0.2, 0.25) is 0 Å². The van der Waals surface area contributed by atoms with Gasteiger partial charge in [-0.15, -0.1) is 11.8 Å². The molecule has 0 fully saturated rings. The summed E-state index contributed by atoms with van der Waals surface area (Å²) in [5.74, 6) is 1.70. The molecular weight excluding hydrogens is 394 g/mol. The van der Waals surface area contributed by atoms with Crippen LogP contribution in [0.25, 0.3) is 16.5 Å². The highest BCUT2D eigenvalue weighted by molar-refractivity contribution is 7.98. The molecule has 1 aliphatic carbocycles. The van der Waals surface area contributed by atoms with Crippen molar-refractivity contribution in [2.24, 2.45) is 0 Å². The molecule has 0 saturated heterocycles. The molecule has 1 amide bonds. The van der Waals surface area contributed by atoms with E-state index in [-0.39, 0.29) is 5.91 Å². The Morgan fingerprint density at radius 1 is 1.20 bits per heavy atom. The van der Waals surface area contributed by atoms with Gasteiger partial charge in [0.1, 0.15) is 17.1 Å². The summed E-state index contributed by atoms with van der Waals surface area (Å²) in [6, 6.07) is 11.9. The molecule has 1 heterocycles. The lowest BCUT2D eigenvalue weighted by molar-refractivity contribution is -0.111. The number of carbonyl (C=O) groups is 1. The highest BCUT2D eigenvalue weighted by atomic mass is 32.2. The van der Waals surface area contributed by atoms with Crippen molar-refractivity contribution in [1.82, 2.24) is 0 Å². The van der Waals surface area contributed by atoms with E-state index in [1.807, 2.05) is 50.4 Å². The van der Waals surface area contributed by atoms with Crippen molar-refractivity contribution in [1.29, 1.82) is 0 Å².